The standard InChI is InChI=1S/C16H26N2O/c1-2-16(19)15-7-11-18(12-8-15)10-4-6-14-5-3-9-17-13-14/h3,5,9,13,15-16,19H,2,4,6-8,10-12H2,1H3/t16-/m1/s1. The molecule has 0 spiro atoms. The summed E-state index contributed by atoms with van der Waals surface area (Å²) in [4.78, 5) is 6.68. The van der Waals surface area contributed by atoms with Crippen LogP contribution in [-0.2, 0) is 6.42 Å². The van der Waals surface area contributed by atoms with E-state index in [0.29, 0.717) is 5.92 Å². The number of hydrogen-bond donors (Lipinski definition) is 1. The van der Waals surface area contributed by atoms with Crippen molar-refractivity contribution in [3.05, 3.63) is 30.1 Å². The largest absolute Gasteiger partial charge is 0.393 e. The fraction of sp³-hybridized carbons (Fsp3) is 0.688. The van der Waals surface area contributed by atoms with E-state index >= 15 is 0 Å². The molecule has 0 aliphatic carbocycles. The Bertz CT molecular complexity index is 347. The summed E-state index contributed by atoms with van der Waals surface area (Å²) < 4.78 is 0. The van der Waals surface area contributed by atoms with Crippen molar-refractivity contribution in [2.45, 2.75) is 45.1 Å². The summed E-state index contributed by atoms with van der Waals surface area (Å²) in [6.07, 6.45) is 9.22. The highest BCUT2D eigenvalue weighted by Gasteiger charge is 2.23. The first-order chi connectivity index (χ1) is 9.29. The monoisotopic (exact) mass is 262 g/mol. The van der Waals surface area contributed by atoms with E-state index in [-0.39, 0.29) is 6.10 Å². The minimum absolute atomic E-state index is 0.0856. The Morgan fingerprint density at radius 1 is 1.42 bits per heavy atom. The van der Waals surface area contributed by atoms with Crippen LogP contribution in [0, 0.1) is 5.92 Å². The zero-order valence-corrected chi connectivity index (χ0v) is 12.0. The number of hydrogen-bond acceptors (Lipinski definition) is 3. The van der Waals surface area contributed by atoms with Crippen LogP contribution in [0.2, 0.25) is 0 Å². The molecular weight excluding hydrogens is 236 g/mol. The zero-order chi connectivity index (χ0) is 13.5. The lowest BCUT2D eigenvalue weighted by atomic mass is 9.90. The molecule has 1 aliphatic heterocycles. The van der Waals surface area contributed by atoms with E-state index in [1.807, 2.05) is 18.5 Å². The summed E-state index contributed by atoms with van der Waals surface area (Å²) in [7, 11) is 0. The molecule has 2 rings (SSSR count). The van der Waals surface area contributed by atoms with Gasteiger partial charge < -0.3 is 10.0 Å². The normalized spacial score (nSPS) is 19.5. The minimum Gasteiger partial charge on any atom is -0.393 e. The molecule has 1 aromatic heterocycles. The molecule has 0 saturated carbocycles. The van der Waals surface area contributed by atoms with Gasteiger partial charge in [0.1, 0.15) is 0 Å². The molecule has 3 heteroatoms. The van der Waals surface area contributed by atoms with Crippen LogP contribution in [0.5, 0.6) is 0 Å². The molecule has 2 heterocycles. The van der Waals surface area contributed by atoms with Gasteiger partial charge in [0, 0.05) is 12.4 Å². The van der Waals surface area contributed by atoms with Gasteiger partial charge in [0.15, 0.2) is 0 Å². The van der Waals surface area contributed by atoms with Crippen LogP contribution in [0.3, 0.4) is 0 Å². The Kier molecular flexibility index (Phi) is 5.80. The van der Waals surface area contributed by atoms with Crippen LogP contribution in [0.15, 0.2) is 24.5 Å². The molecule has 0 bridgehead atoms. The Morgan fingerprint density at radius 3 is 2.84 bits per heavy atom. The molecule has 0 aromatic carbocycles. The highest BCUT2D eigenvalue weighted by Crippen LogP contribution is 2.22. The predicted octanol–water partition coefficient (Wildman–Crippen LogP) is 2.50. The number of aromatic nitrogens is 1. The topological polar surface area (TPSA) is 36.4 Å². The van der Waals surface area contributed by atoms with Gasteiger partial charge in [0.05, 0.1) is 6.10 Å². The number of aliphatic hydroxyl groups excluding tert-OH is 1. The van der Waals surface area contributed by atoms with Gasteiger partial charge in [0.25, 0.3) is 0 Å². The molecule has 1 N–H and O–H groups in total. The second-order valence-electron chi connectivity index (χ2n) is 5.62. The Hall–Kier alpha value is -0.930. The van der Waals surface area contributed by atoms with Gasteiger partial charge in [-0.2, -0.15) is 0 Å². The highest BCUT2D eigenvalue weighted by molar-refractivity contribution is 5.08. The summed E-state index contributed by atoms with van der Waals surface area (Å²) in [6, 6.07) is 4.16. The first-order valence-electron chi connectivity index (χ1n) is 7.59. The summed E-state index contributed by atoms with van der Waals surface area (Å²) >= 11 is 0. The van der Waals surface area contributed by atoms with Gasteiger partial charge in [-0.1, -0.05) is 13.0 Å². The van der Waals surface area contributed by atoms with Crippen LogP contribution in [0.4, 0.5) is 0 Å². The molecule has 1 fully saturated rings. The molecule has 19 heavy (non-hydrogen) atoms. The maximum Gasteiger partial charge on any atom is 0.0566 e. The lowest BCUT2D eigenvalue weighted by molar-refractivity contribution is 0.0567. The van der Waals surface area contributed by atoms with Crippen LogP contribution in [-0.4, -0.2) is 40.7 Å². The molecule has 1 aliphatic rings. The summed E-state index contributed by atoms with van der Waals surface area (Å²) in [6.45, 7) is 5.54. The van der Waals surface area contributed by atoms with E-state index in [2.05, 4.69) is 22.9 Å². The Balaban J connectivity index is 1.63. The van der Waals surface area contributed by atoms with Crippen molar-refractivity contribution in [3.63, 3.8) is 0 Å². The Morgan fingerprint density at radius 2 is 2.21 bits per heavy atom. The quantitative estimate of drug-likeness (QED) is 0.855. The smallest absolute Gasteiger partial charge is 0.0566 e. The number of likely N-dealkylation sites (tertiary alicyclic amines) is 1. The van der Waals surface area contributed by atoms with E-state index in [9.17, 15) is 5.11 Å². The molecular formula is C16H26N2O. The molecule has 0 radical (unpaired) electrons. The number of aliphatic hydroxyl groups is 1. The average molecular weight is 262 g/mol. The van der Waals surface area contributed by atoms with Gasteiger partial charge in [-0.25, -0.2) is 0 Å². The fourth-order valence-corrected chi connectivity index (χ4v) is 2.95. The van der Waals surface area contributed by atoms with Crippen molar-refractivity contribution in [2.75, 3.05) is 19.6 Å². The van der Waals surface area contributed by atoms with Crippen molar-refractivity contribution >= 4 is 0 Å². The van der Waals surface area contributed by atoms with E-state index in [1.165, 1.54) is 18.5 Å². The number of aryl methyl sites for hydroxylation is 1. The third kappa shape index (κ3) is 4.59. The molecule has 1 saturated heterocycles. The molecule has 0 unspecified atom stereocenters. The van der Waals surface area contributed by atoms with Gasteiger partial charge in [0.2, 0.25) is 0 Å². The maximum atomic E-state index is 9.87. The zero-order valence-electron chi connectivity index (χ0n) is 12.0. The first kappa shape index (κ1) is 14.5. The third-order valence-electron chi connectivity index (χ3n) is 4.26. The van der Waals surface area contributed by atoms with Crippen LogP contribution in [0.25, 0.3) is 0 Å². The second kappa shape index (κ2) is 7.61. The second-order valence-corrected chi connectivity index (χ2v) is 5.62. The lowest BCUT2D eigenvalue weighted by Crippen LogP contribution is -2.38. The van der Waals surface area contributed by atoms with Crippen molar-refractivity contribution < 1.29 is 5.11 Å². The average Bonchev–Trinajstić information content (AvgIpc) is 2.48. The molecule has 106 valence electrons. The highest BCUT2D eigenvalue weighted by atomic mass is 16.3. The first-order valence-corrected chi connectivity index (χ1v) is 7.59. The minimum atomic E-state index is -0.0856. The van der Waals surface area contributed by atoms with E-state index < -0.39 is 0 Å². The molecule has 3 nitrogen and oxygen atoms in total. The molecule has 1 atom stereocenters. The maximum absolute atomic E-state index is 9.87. The number of piperidine rings is 1. The number of nitrogens with zero attached hydrogens (tertiary/aromatic N) is 2. The van der Waals surface area contributed by atoms with Crippen LogP contribution >= 0.6 is 0 Å². The predicted molar refractivity (Wildman–Crippen MR) is 78.0 cm³/mol. The number of pyridine rings is 1. The molecule has 1 aromatic rings. The summed E-state index contributed by atoms with van der Waals surface area (Å²) in [5.74, 6) is 0.527. The fourth-order valence-electron chi connectivity index (χ4n) is 2.95. The van der Waals surface area contributed by atoms with Crippen molar-refractivity contribution in [3.8, 4) is 0 Å². The van der Waals surface area contributed by atoms with Crippen molar-refractivity contribution in [2.24, 2.45) is 5.92 Å². The van der Waals surface area contributed by atoms with Gasteiger partial charge in [-0.15, -0.1) is 0 Å². The molecule has 0 amide bonds. The summed E-state index contributed by atoms with van der Waals surface area (Å²) in [5, 5.41) is 9.87. The van der Waals surface area contributed by atoms with Gasteiger partial charge in [-0.05, 0) is 69.3 Å². The lowest BCUT2D eigenvalue weighted by Gasteiger charge is -2.34. The van der Waals surface area contributed by atoms with Gasteiger partial charge in [-0.3, -0.25) is 4.98 Å². The Labute approximate surface area is 116 Å². The van der Waals surface area contributed by atoms with E-state index in [4.69, 9.17) is 0 Å². The summed E-state index contributed by atoms with van der Waals surface area (Å²) in [5.41, 5.74) is 1.33. The van der Waals surface area contributed by atoms with E-state index in [0.717, 1.165) is 38.8 Å². The van der Waals surface area contributed by atoms with Crippen molar-refractivity contribution in [1.29, 1.82) is 0 Å². The third-order valence-corrected chi connectivity index (χ3v) is 4.26. The van der Waals surface area contributed by atoms with Gasteiger partial charge >= 0.3 is 0 Å². The SMILES string of the molecule is CC[C@@H](O)C1CCN(CCCc2cccnc2)CC1. The van der Waals surface area contributed by atoms with E-state index in [1.54, 1.807) is 0 Å². The van der Waals surface area contributed by atoms with Crippen molar-refractivity contribution in [1.82, 2.24) is 9.88 Å². The number of rotatable bonds is 6. The van der Waals surface area contributed by atoms with Crippen LogP contribution in [0.1, 0.15) is 38.2 Å². The van der Waals surface area contributed by atoms with Crippen LogP contribution < -0.4 is 0 Å².